The number of fused-ring (bicyclic) bond motifs is 1. The van der Waals surface area contributed by atoms with Crippen LogP contribution >= 0.6 is 0 Å². The lowest BCUT2D eigenvalue weighted by molar-refractivity contribution is 0.0992. The molecule has 7 nitrogen and oxygen atoms in total. The predicted molar refractivity (Wildman–Crippen MR) is 123 cm³/mol. The molecule has 1 amide bonds. The van der Waals surface area contributed by atoms with Crippen molar-refractivity contribution in [2.24, 2.45) is 0 Å². The van der Waals surface area contributed by atoms with E-state index in [1.54, 1.807) is 36.4 Å². The zero-order valence-electron chi connectivity index (χ0n) is 18.0. The number of nitriles is 1. The van der Waals surface area contributed by atoms with Crippen LogP contribution in [0.1, 0.15) is 40.4 Å². The topological polar surface area (TPSA) is 93.1 Å². The highest BCUT2D eigenvalue weighted by Gasteiger charge is 2.16. The number of rotatable bonds is 6. The van der Waals surface area contributed by atoms with Crippen LogP contribution in [0.2, 0.25) is 0 Å². The Morgan fingerprint density at radius 1 is 1.12 bits per heavy atom. The van der Waals surface area contributed by atoms with E-state index in [-0.39, 0.29) is 18.3 Å². The summed E-state index contributed by atoms with van der Waals surface area (Å²) in [4.78, 5) is 17.2. The summed E-state index contributed by atoms with van der Waals surface area (Å²) < 4.78 is 13.6. The highest BCUT2D eigenvalue weighted by Crippen LogP contribution is 2.26. The number of carbonyl (C=O) groups excluding carboxylic acids is 1. The molecule has 1 aliphatic heterocycles. The molecule has 0 bridgehead atoms. The van der Waals surface area contributed by atoms with Gasteiger partial charge in [0.1, 0.15) is 30.0 Å². The summed E-state index contributed by atoms with van der Waals surface area (Å²) in [6, 6.07) is 20.0. The van der Waals surface area contributed by atoms with Crippen molar-refractivity contribution in [3.8, 4) is 23.2 Å². The van der Waals surface area contributed by atoms with E-state index in [4.69, 9.17) is 14.4 Å². The molecule has 0 atom stereocenters. The van der Waals surface area contributed by atoms with Gasteiger partial charge in [-0.2, -0.15) is 5.26 Å². The molecule has 0 fully saturated rings. The van der Waals surface area contributed by atoms with E-state index in [2.05, 4.69) is 20.9 Å². The number of para-hydroxylation sites is 1. The number of aromatic nitrogens is 2. The zero-order valence-corrected chi connectivity index (χ0v) is 18.0. The molecule has 0 radical (unpaired) electrons. The molecule has 0 aliphatic carbocycles. The van der Waals surface area contributed by atoms with Gasteiger partial charge >= 0.3 is 0 Å². The van der Waals surface area contributed by atoms with Gasteiger partial charge in [0.2, 0.25) is 0 Å². The van der Waals surface area contributed by atoms with Crippen LogP contribution < -0.4 is 10.1 Å². The summed E-state index contributed by atoms with van der Waals surface area (Å²) in [6.07, 6.45) is 5.42. The smallest absolute Gasteiger partial charge is 0.291 e. The van der Waals surface area contributed by atoms with Crippen molar-refractivity contribution in [1.82, 2.24) is 9.55 Å². The van der Waals surface area contributed by atoms with Gasteiger partial charge in [-0.25, -0.2) is 4.98 Å². The first kappa shape index (κ1) is 20.6. The molecule has 0 unspecified atom stereocenters. The van der Waals surface area contributed by atoms with Gasteiger partial charge in [0, 0.05) is 29.7 Å². The Hall–Kier alpha value is -4.31. The van der Waals surface area contributed by atoms with Gasteiger partial charge in [-0.1, -0.05) is 12.1 Å². The number of carbonyl (C=O) groups is 1. The fourth-order valence-corrected chi connectivity index (χ4v) is 3.97. The molecule has 4 aromatic rings. The minimum atomic E-state index is -0.343. The summed E-state index contributed by atoms with van der Waals surface area (Å²) in [7, 11) is 0. The van der Waals surface area contributed by atoms with Gasteiger partial charge in [-0.05, 0) is 67.8 Å². The van der Waals surface area contributed by atoms with Gasteiger partial charge in [-0.3, -0.25) is 4.79 Å². The van der Waals surface area contributed by atoms with E-state index in [0.29, 0.717) is 22.8 Å². The summed E-state index contributed by atoms with van der Waals surface area (Å²) >= 11 is 0. The molecule has 33 heavy (non-hydrogen) atoms. The van der Waals surface area contributed by atoms with Crippen LogP contribution in [-0.2, 0) is 19.6 Å². The SMILES string of the molecule is N#Cc1ccccc1OCc1ccc(C(=O)Nc2ccc(-c3ncc4n3CCCC4)cc2)o1. The average molecular weight is 438 g/mol. The number of hydrogen-bond acceptors (Lipinski definition) is 5. The summed E-state index contributed by atoms with van der Waals surface area (Å²) in [5.41, 5.74) is 3.42. The van der Waals surface area contributed by atoms with E-state index in [9.17, 15) is 4.79 Å². The Balaban J connectivity index is 1.22. The number of anilines is 1. The fraction of sp³-hybridized carbons (Fsp3) is 0.192. The zero-order chi connectivity index (χ0) is 22.6. The molecule has 1 N–H and O–H groups in total. The lowest BCUT2D eigenvalue weighted by atomic mass is 10.1. The number of amides is 1. The molecule has 2 aromatic heterocycles. The number of ether oxygens (including phenoxy) is 1. The Morgan fingerprint density at radius 2 is 1.97 bits per heavy atom. The number of nitrogens with zero attached hydrogens (tertiary/aromatic N) is 3. The second-order valence-corrected chi connectivity index (χ2v) is 7.88. The quantitative estimate of drug-likeness (QED) is 0.448. The van der Waals surface area contributed by atoms with Gasteiger partial charge < -0.3 is 19.0 Å². The highest BCUT2D eigenvalue weighted by molar-refractivity contribution is 6.02. The van der Waals surface area contributed by atoms with Crippen molar-refractivity contribution < 1.29 is 13.9 Å². The van der Waals surface area contributed by atoms with Crippen LogP contribution in [0.3, 0.4) is 0 Å². The number of aryl methyl sites for hydroxylation is 1. The molecule has 5 rings (SSSR count). The Bertz CT molecular complexity index is 1330. The van der Waals surface area contributed by atoms with Crippen LogP contribution in [0.5, 0.6) is 5.75 Å². The fourth-order valence-electron chi connectivity index (χ4n) is 3.97. The number of furan rings is 1. The monoisotopic (exact) mass is 438 g/mol. The maximum Gasteiger partial charge on any atom is 0.291 e. The van der Waals surface area contributed by atoms with Gasteiger partial charge in [0.25, 0.3) is 5.91 Å². The molecular weight excluding hydrogens is 416 g/mol. The third-order valence-corrected chi connectivity index (χ3v) is 5.67. The molecule has 164 valence electrons. The van der Waals surface area contributed by atoms with Gasteiger partial charge in [-0.15, -0.1) is 0 Å². The average Bonchev–Trinajstić information content (AvgIpc) is 3.51. The molecule has 7 heteroatoms. The first-order valence-electron chi connectivity index (χ1n) is 10.9. The van der Waals surface area contributed by atoms with Gasteiger partial charge in [0.05, 0.1) is 5.56 Å². The maximum atomic E-state index is 12.6. The van der Waals surface area contributed by atoms with Gasteiger partial charge in [0.15, 0.2) is 5.76 Å². The maximum absolute atomic E-state index is 12.6. The molecule has 1 aliphatic rings. The van der Waals surface area contributed by atoms with E-state index in [1.165, 1.54) is 18.5 Å². The number of hydrogen-bond donors (Lipinski definition) is 1. The third kappa shape index (κ3) is 4.37. The second kappa shape index (κ2) is 9.05. The minimum Gasteiger partial charge on any atom is -0.484 e. The van der Waals surface area contributed by atoms with Crippen LogP contribution in [0, 0.1) is 11.3 Å². The number of benzene rings is 2. The molecule has 0 saturated carbocycles. The van der Waals surface area contributed by atoms with Crippen LogP contribution in [0.15, 0.2) is 71.3 Å². The normalized spacial score (nSPS) is 12.6. The van der Waals surface area contributed by atoms with Crippen molar-refractivity contribution >= 4 is 11.6 Å². The van der Waals surface area contributed by atoms with E-state index < -0.39 is 0 Å². The molecular formula is C26H22N4O3. The van der Waals surface area contributed by atoms with Crippen LogP contribution in [0.4, 0.5) is 5.69 Å². The molecule has 3 heterocycles. The minimum absolute atomic E-state index is 0.120. The van der Waals surface area contributed by atoms with E-state index in [1.807, 2.05) is 30.5 Å². The number of imidazole rings is 1. The summed E-state index contributed by atoms with van der Waals surface area (Å²) in [5, 5.41) is 12.0. The van der Waals surface area contributed by atoms with Crippen molar-refractivity contribution in [2.75, 3.05) is 5.32 Å². The number of nitrogens with one attached hydrogen (secondary N) is 1. The summed E-state index contributed by atoms with van der Waals surface area (Å²) in [5.74, 6) is 1.78. The summed E-state index contributed by atoms with van der Waals surface area (Å²) in [6.45, 7) is 1.12. The van der Waals surface area contributed by atoms with E-state index in [0.717, 1.165) is 24.4 Å². The van der Waals surface area contributed by atoms with Crippen LogP contribution in [0.25, 0.3) is 11.4 Å². The lowest BCUT2D eigenvalue weighted by Crippen LogP contribution is -2.11. The second-order valence-electron chi connectivity index (χ2n) is 7.88. The molecule has 0 spiro atoms. The third-order valence-electron chi connectivity index (χ3n) is 5.67. The largest absolute Gasteiger partial charge is 0.484 e. The molecule has 0 saturated heterocycles. The lowest BCUT2D eigenvalue weighted by Gasteiger charge is -2.16. The standard InChI is InChI=1S/C26H22N4O3/c27-15-19-5-1-2-7-23(19)32-17-22-12-13-24(33-22)26(31)29-20-10-8-18(9-11-20)25-28-16-21-6-3-4-14-30(21)25/h1-2,5,7-13,16H,3-4,6,14,17H2,(H,29,31). The Kier molecular flexibility index (Phi) is 5.64. The highest BCUT2D eigenvalue weighted by atomic mass is 16.5. The first-order chi connectivity index (χ1) is 16.2. The first-order valence-corrected chi connectivity index (χ1v) is 10.9. The Labute approximate surface area is 191 Å². The van der Waals surface area contributed by atoms with Crippen molar-refractivity contribution in [3.63, 3.8) is 0 Å². The van der Waals surface area contributed by atoms with E-state index >= 15 is 0 Å². The van der Waals surface area contributed by atoms with Crippen molar-refractivity contribution in [2.45, 2.75) is 32.4 Å². The Morgan fingerprint density at radius 3 is 2.82 bits per heavy atom. The van der Waals surface area contributed by atoms with Crippen LogP contribution in [-0.4, -0.2) is 15.5 Å². The van der Waals surface area contributed by atoms with Crippen molar-refractivity contribution in [3.05, 3.63) is 89.6 Å². The van der Waals surface area contributed by atoms with Crippen molar-refractivity contribution in [1.29, 1.82) is 5.26 Å². The predicted octanol–water partition coefficient (Wildman–Crippen LogP) is 5.18. The molecule has 2 aromatic carbocycles.